The molecule has 0 radical (unpaired) electrons. The van der Waals surface area contributed by atoms with Crippen molar-refractivity contribution in [2.24, 2.45) is 5.92 Å². The van der Waals surface area contributed by atoms with Crippen LogP contribution in [0.2, 0.25) is 0 Å². The number of nitrogens with zero attached hydrogens (tertiary/aromatic N) is 1. The van der Waals surface area contributed by atoms with E-state index in [1.54, 1.807) is 20.2 Å². The number of carboxylic acids is 1. The van der Waals surface area contributed by atoms with Gasteiger partial charge in [-0.25, -0.2) is 0 Å². The number of carbonyl (C=O) groups is 2. The molecule has 0 aliphatic rings. The number of carbonyl (C=O) groups excluding carboxylic acids is 1. The summed E-state index contributed by atoms with van der Waals surface area (Å²) in [7, 11) is 1.66. The molecule has 5 heteroatoms. The highest BCUT2D eigenvalue weighted by molar-refractivity contribution is 6.04. The fourth-order valence-corrected chi connectivity index (χ4v) is 2.13. The van der Waals surface area contributed by atoms with Crippen molar-refractivity contribution in [3.8, 4) is 0 Å². The normalized spacial score (nSPS) is 12.3. The number of anilines is 1. The third-order valence-corrected chi connectivity index (χ3v) is 3.16. The Morgan fingerprint density at radius 2 is 2.05 bits per heavy atom. The summed E-state index contributed by atoms with van der Waals surface area (Å²) in [5.41, 5.74) is 1.71. The quantitative estimate of drug-likeness (QED) is 0.885. The van der Waals surface area contributed by atoms with Crippen molar-refractivity contribution < 1.29 is 14.7 Å². The van der Waals surface area contributed by atoms with Crippen molar-refractivity contribution in [2.45, 2.75) is 13.3 Å². The van der Waals surface area contributed by atoms with Gasteiger partial charge in [0, 0.05) is 30.1 Å². The lowest BCUT2D eigenvalue weighted by Gasteiger charge is -2.19. The van der Waals surface area contributed by atoms with Gasteiger partial charge in [-0.05, 0) is 6.07 Å². The minimum atomic E-state index is -0.965. The number of benzene rings is 1. The Morgan fingerprint density at radius 3 is 2.74 bits per heavy atom. The van der Waals surface area contributed by atoms with Gasteiger partial charge in [0.25, 0.3) is 0 Å². The molecule has 0 bridgehead atoms. The highest BCUT2D eigenvalue weighted by atomic mass is 16.4. The van der Waals surface area contributed by atoms with Crippen molar-refractivity contribution in [1.29, 1.82) is 0 Å². The number of H-pyrrole nitrogens is 1. The van der Waals surface area contributed by atoms with Gasteiger partial charge in [-0.1, -0.05) is 25.1 Å². The van der Waals surface area contributed by atoms with Crippen LogP contribution in [0, 0.1) is 5.92 Å². The van der Waals surface area contributed by atoms with E-state index in [1.165, 1.54) is 4.90 Å². The van der Waals surface area contributed by atoms with E-state index in [2.05, 4.69) is 4.98 Å². The van der Waals surface area contributed by atoms with Gasteiger partial charge in [-0.3, -0.25) is 9.59 Å². The largest absolute Gasteiger partial charge is 0.481 e. The predicted octanol–water partition coefficient (Wildman–Crippen LogP) is 2.24. The molecule has 19 heavy (non-hydrogen) atoms. The molecule has 1 atom stereocenters. The molecule has 2 rings (SSSR count). The zero-order chi connectivity index (χ0) is 14.0. The first kappa shape index (κ1) is 13.1. The number of carboxylic acid groups (broad SMARTS) is 1. The van der Waals surface area contributed by atoms with Crippen LogP contribution in [-0.4, -0.2) is 29.0 Å². The molecule has 0 fully saturated rings. The molecule has 5 nitrogen and oxygen atoms in total. The Kier molecular flexibility index (Phi) is 3.55. The lowest BCUT2D eigenvalue weighted by Crippen LogP contribution is -2.32. The van der Waals surface area contributed by atoms with Gasteiger partial charge in [0.05, 0.1) is 12.1 Å². The van der Waals surface area contributed by atoms with E-state index in [0.29, 0.717) is 0 Å². The summed E-state index contributed by atoms with van der Waals surface area (Å²) in [6, 6.07) is 7.67. The minimum absolute atomic E-state index is 0.161. The third-order valence-electron chi connectivity index (χ3n) is 3.16. The smallest absolute Gasteiger partial charge is 0.304 e. The van der Waals surface area contributed by atoms with Crippen LogP contribution in [0.3, 0.4) is 0 Å². The molecule has 0 saturated carbocycles. The zero-order valence-electron chi connectivity index (χ0n) is 10.9. The van der Waals surface area contributed by atoms with E-state index in [1.807, 2.05) is 24.3 Å². The fourth-order valence-electron chi connectivity index (χ4n) is 2.13. The number of amides is 1. The number of para-hydroxylation sites is 1. The van der Waals surface area contributed by atoms with Crippen LogP contribution in [0.1, 0.15) is 13.3 Å². The summed E-state index contributed by atoms with van der Waals surface area (Å²) in [6.45, 7) is 1.63. The van der Waals surface area contributed by atoms with Crippen LogP contribution in [0.5, 0.6) is 0 Å². The standard InChI is InChI=1S/C14H16N2O3/c1-9(7-13(17)18)14(19)16(2)12-8-15-11-6-4-3-5-10(11)12/h3-6,8-9,15H,7H2,1-2H3,(H,17,18). The van der Waals surface area contributed by atoms with Crippen LogP contribution < -0.4 is 4.90 Å². The van der Waals surface area contributed by atoms with Crippen LogP contribution >= 0.6 is 0 Å². The maximum Gasteiger partial charge on any atom is 0.304 e. The SMILES string of the molecule is CC(CC(=O)O)C(=O)N(C)c1c[nH]c2ccccc12. The van der Waals surface area contributed by atoms with E-state index in [9.17, 15) is 9.59 Å². The predicted molar refractivity (Wildman–Crippen MR) is 73.1 cm³/mol. The van der Waals surface area contributed by atoms with Gasteiger partial charge in [-0.2, -0.15) is 0 Å². The summed E-state index contributed by atoms with van der Waals surface area (Å²) in [5, 5.41) is 9.69. The molecule has 1 aromatic heterocycles. The first-order valence-corrected chi connectivity index (χ1v) is 6.06. The molecule has 0 saturated heterocycles. The summed E-state index contributed by atoms with van der Waals surface area (Å²) in [4.78, 5) is 27.4. The lowest BCUT2D eigenvalue weighted by atomic mass is 10.1. The van der Waals surface area contributed by atoms with E-state index in [4.69, 9.17) is 5.11 Å². The zero-order valence-corrected chi connectivity index (χ0v) is 10.9. The van der Waals surface area contributed by atoms with Gasteiger partial charge in [0.1, 0.15) is 0 Å². The summed E-state index contributed by atoms with van der Waals surface area (Å²) in [6.07, 6.45) is 1.60. The summed E-state index contributed by atoms with van der Waals surface area (Å²) in [5.74, 6) is -1.71. The van der Waals surface area contributed by atoms with Crippen LogP contribution in [0.25, 0.3) is 10.9 Å². The second-order valence-corrected chi connectivity index (χ2v) is 4.62. The average molecular weight is 260 g/mol. The summed E-state index contributed by atoms with van der Waals surface area (Å²) >= 11 is 0. The second-order valence-electron chi connectivity index (χ2n) is 4.62. The number of rotatable bonds is 4. The molecule has 0 aliphatic heterocycles. The number of fused-ring (bicyclic) bond motifs is 1. The highest BCUT2D eigenvalue weighted by Crippen LogP contribution is 2.26. The van der Waals surface area contributed by atoms with Crippen molar-refractivity contribution in [1.82, 2.24) is 4.98 Å². The number of hydrogen-bond donors (Lipinski definition) is 2. The summed E-state index contributed by atoms with van der Waals surface area (Å²) < 4.78 is 0. The minimum Gasteiger partial charge on any atom is -0.481 e. The Balaban J connectivity index is 2.26. The Bertz CT molecular complexity index is 618. The molecule has 1 unspecified atom stereocenters. The molecule has 2 aromatic rings. The van der Waals surface area contributed by atoms with Gasteiger partial charge >= 0.3 is 5.97 Å². The molecule has 1 aromatic carbocycles. The first-order valence-electron chi connectivity index (χ1n) is 6.06. The molecule has 1 amide bonds. The topological polar surface area (TPSA) is 73.4 Å². The number of hydrogen-bond acceptors (Lipinski definition) is 2. The lowest BCUT2D eigenvalue weighted by molar-refractivity contribution is -0.140. The van der Waals surface area contributed by atoms with Gasteiger partial charge in [0.15, 0.2) is 0 Å². The molecule has 0 aliphatic carbocycles. The van der Waals surface area contributed by atoms with Crippen molar-refractivity contribution in [2.75, 3.05) is 11.9 Å². The molecule has 0 spiro atoms. The van der Waals surface area contributed by atoms with E-state index < -0.39 is 11.9 Å². The van der Waals surface area contributed by atoms with Gasteiger partial charge in [0.2, 0.25) is 5.91 Å². The van der Waals surface area contributed by atoms with Crippen molar-refractivity contribution >= 4 is 28.5 Å². The number of aromatic nitrogens is 1. The monoisotopic (exact) mass is 260 g/mol. The molecular weight excluding hydrogens is 244 g/mol. The highest BCUT2D eigenvalue weighted by Gasteiger charge is 2.22. The van der Waals surface area contributed by atoms with Crippen LogP contribution in [-0.2, 0) is 9.59 Å². The average Bonchev–Trinajstić information content (AvgIpc) is 2.80. The molecule has 1 heterocycles. The maximum absolute atomic E-state index is 12.2. The number of aromatic amines is 1. The third kappa shape index (κ3) is 2.59. The van der Waals surface area contributed by atoms with E-state index in [-0.39, 0.29) is 12.3 Å². The van der Waals surface area contributed by atoms with Crippen LogP contribution in [0.4, 0.5) is 5.69 Å². The number of aliphatic carboxylic acids is 1. The molecule has 100 valence electrons. The first-order chi connectivity index (χ1) is 9.00. The van der Waals surface area contributed by atoms with Crippen molar-refractivity contribution in [3.63, 3.8) is 0 Å². The van der Waals surface area contributed by atoms with Gasteiger partial charge < -0.3 is 15.0 Å². The Hall–Kier alpha value is -2.30. The fraction of sp³-hybridized carbons (Fsp3) is 0.286. The molecular formula is C14H16N2O3. The molecule has 2 N–H and O–H groups in total. The number of nitrogens with one attached hydrogen (secondary N) is 1. The van der Waals surface area contributed by atoms with Gasteiger partial charge in [-0.15, -0.1) is 0 Å². The maximum atomic E-state index is 12.2. The van der Waals surface area contributed by atoms with Crippen molar-refractivity contribution in [3.05, 3.63) is 30.5 Å². The van der Waals surface area contributed by atoms with Crippen LogP contribution in [0.15, 0.2) is 30.5 Å². The Morgan fingerprint density at radius 1 is 1.37 bits per heavy atom. The Labute approximate surface area is 110 Å². The van der Waals surface area contributed by atoms with E-state index >= 15 is 0 Å². The van der Waals surface area contributed by atoms with E-state index in [0.717, 1.165) is 16.6 Å². The second kappa shape index (κ2) is 5.14.